The maximum atomic E-state index is 5.91. The summed E-state index contributed by atoms with van der Waals surface area (Å²) in [5, 5.41) is 6.79. The van der Waals surface area contributed by atoms with Crippen LogP contribution in [0.1, 0.15) is 5.56 Å². The molecule has 0 saturated carbocycles. The van der Waals surface area contributed by atoms with E-state index < -0.39 is 0 Å². The number of H-pyrrole nitrogens is 1. The van der Waals surface area contributed by atoms with Crippen LogP contribution < -0.4 is 5.73 Å². The summed E-state index contributed by atoms with van der Waals surface area (Å²) in [6, 6.07) is 5.84. The van der Waals surface area contributed by atoms with Crippen LogP contribution >= 0.6 is 15.9 Å². The van der Waals surface area contributed by atoms with Crippen molar-refractivity contribution in [2.24, 2.45) is 0 Å². The lowest BCUT2D eigenvalue weighted by Crippen LogP contribution is -1.92. The van der Waals surface area contributed by atoms with Gasteiger partial charge in [0.2, 0.25) is 0 Å². The predicted molar refractivity (Wildman–Crippen MR) is 60.9 cm³/mol. The van der Waals surface area contributed by atoms with E-state index in [2.05, 4.69) is 26.1 Å². The van der Waals surface area contributed by atoms with E-state index in [-0.39, 0.29) is 0 Å². The van der Waals surface area contributed by atoms with E-state index in [1.54, 1.807) is 6.20 Å². The first-order valence-corrected chi connectivity index (χ1v) is 5.03. The number of aryl methyl sites for hydroxylation is 1. The lowest BCUT2D eigenvalue weighted by Gasteiger charge is -2.06. The summed E-state index contributed by atoms with van der Waals surface area (Å²) < 4.78 is 1.05. The lowest BCUT2D eigenvalue weighted by molar-refractivity contribution is 1.10. The summed E-state index contributed by atoms with van der Waals surface area (Å²) >= 11 is 3.48. The fourth-order valence-electron chi connectivity index (χ4n) is 1.34. The van der Waals surface area contributed by atoms with Crippen molar-refractivity contribution in [3.05, 3.63) is 34.4 Å². The van der Waals surface area contributed by atoms with Gasteiger partial charge in [-0.05, 0) is 30.7 Å². The normalized spacial score (nSPS) is 10.4. The van der Waals surface area contributed by atoms with Crippen LogP contribution in [0.3, 0.4) is 0 Å². The highest BCUT2D eigenvalue weighted by Gasteiger charge is 2.06. The lowest BCUT2D eigenvalue weighted by atomic mass is 10.1. The van der Waals surface area contributed by atoms with E-state index in [1.807, 2.05) is 25.1 Å². The molecule has 0 bridgehead atoms. The van der Waals surface area contributed by atoms with Gasteiger partial charge in [0.1, 0.15) is 0 Å². The molecule has 72 valence electrons. The summed E-state index contributed by atoms with van der Waals surface area (Å²) in [6.45, 7) is 2.01. The Balaban J connectivity index is 2.60. The number of aromatic amines is 1. The molecule has 0 radical (unpaired) electrons. The van der Waals surface area contributed by atoms with Crippen molar-refractivity contribution < 1.29 is 0 Å². The summed E-state index contributed by atoms with van der Waals surface area (Å²) in [6.07, 6.45) is 1.71. The molecular weight excluding hydrogens is 242 g/mol. The first kappa shape index (κ1) is 9.27. The second-order valence-corrected chi connectivity index (χ2v) is 4.01. The zero-order valence-electron chi connectivity index (χ0n) is 7.71. The molecule has 0 fully saturated rings. The van der Waals surface area contributed by atoms with E-state index in [9.17, 15) is 0 Å². The van der Waals surface area contributed by atoms with Crippen molar-refractivity contribution in [1.29, 1.82) is 0 Å². The van der Waals surface area contributed by atoms with E-state index in [4.69, 9.17) is 5.73 Å². The highest BCUT2D eigenvalue weighted by molar-refractivity contribution is 9.10. The quantitative estimate of drug-likeness (QED) is 0.766. The van der Waals surface area contributed by atoms with Crippen molar-refractivity contribution in [3.63, 3.8) is 0 Å². The van der Waals surface area contributed by atoms with Crippen LogP contribution in [0.2, 0.25) is 0 Å². The SMILES string of the molecule is Cc1cc(N)c(-c2ccn[nH]2)cc1Br. The number of nitrogens with zero attached hydrogens (tertiary/aromatic N) is 1. The maximum Gasteiger partial charge on any atom is 0.0671 e. The maximum absolute atomic E-state index is 5.91. The Kier molecular flexibility index (Phi) is 2.29. The molecule has 0 aliphatic carbocycles. The van der Waals surface area contributed by atoms with Crippen molar-refractivity contribution in [1.82, 2.24) is 10.2 Å². The van der Waals surface area contributed by atoms with Gasteiger partial charge in [0.05, 0.1) is 5.69 Å². The third-order valence-corrected chi connectivity index (χ3v) is 2.98. The van der Waals surface area contributed by atoms with E-state index >= 15 is 0 Å². The van der Waals surface area contributed by atoms with Gasteiger partial charge in [-0.2, -0.15) is 5.10 Å². The van der Waals surface area contributed by atoms with Gasteiger partial charge in [-0.15, -0.1) is 0 Å². The number of nitrogen functional groups attached to an aromatic ring is 1. The number of hydrogen-bond acceptors (Lipinski definition) is 2. The summed E-state index contributed by atoms with van der Waals surface area (Å²) in [5.41, 5.74) is 9.71. The van der Waals surface area contributed by atoms with Crippen LogP contribution in [-0.2, 0) is 0 Å². The second kappa shape index (κ2) is 3.46. The van der Waals surface area contributed by atoms with Gasteiger partial charge in [0, 0.05) is 21.9 Å². The number of aromatic nitrogens is 2. The number of nitrogens with one attached hydrogen (secondary N) is 1. The molecular formula is C10H10BrN3. The topological polar surface area (TPSA) is 54.7 Å². The van der Waals surface area contributed by atoms with Crippen LogP contribution in [-0.4, -0.2) is 10.2 Å². The fourth-order valence-corrected chi connectivity index (χ4v) is 1.69. The molecule has 14 heavy (non-hydrogen) atoms. The average molecular weight is 252 g/mol. The molecule has 1 aromatic carbocycles. The van der Waals surface area contributed by atoms with E-state index in [0.29, 0.717) is 0 Å². The third-order valence-electron chi connectivity index (χ3n) is 2.12. The predicted octanol–water partition coefficient (Wildman–Crippen LogP) is 2.73. The number of hydrogen-bond donors (Lipinski definition) is 2. The number of anilines is 1. The molecule has 2 aromatic rings. The Hall–Kier alpha value is -1.29. The molecule has 0 atom stereocenters. The fraction of sp³-hybridized carbons (Fsp3) is 0.100. The highest BCUT2D eigenvalue weighted by Crippen LogP contribution is 2.29. The molecule has 0 unspecified atom stereocenters. The van der Waals surface area contributed by atoms with E-state index in [1.165, 1.54) is 0 Å². The minimum atomic E-state index is 0.759. The van der Waals surface area contributed by atoms with Gasteiger partial charge < -0.3 is 5.73 Å². The van der Waals surface area contributed by atoms with E-state index in [0.717, 1.165) is 27.0 Å². The van der Waals surface area contributed by atoms with Gasteiger partial charge in [-0.3, -0.25) is 5.10 Å². The molecule has 0 saturated heterocycles. The summed E-state index contributed by atoms with van der Waals surface area (Å²) in [7, 11) is 0. The largest absolute Gasteiger partial charge is 0.398 e. The van der Waals surface area contributed by atoms with Crippen LogP contribution in [0.5, 0.6) is 0 Å². The standard InChI is InChI=1S/C10H10BrN3/c1-6-4-9(12)7(5-8(6)11)10-2-3-13-14-10/h2-5H,12H2,1H3,(H,13,14). The molecule has 4 heteroatoms. The Morgan fingerprint density at radius 3 is 2.86 bits per heavy atom. The molecule has 3 N–H and O–H groups in total. The van der Waals surface area contributed by atoms with Crippen LogP contribution in [0, 0.1) is 6.92 Å². The van der Waals surface area contributed by atoms with Gasteiger partial charge in [-0.25, -0.2) is 0 Å². The Morgan fingerprint density at radius 2 is 2.21 bits per heavy atom. The summed E-state index contributed by atoms with van der Waals surface area (Å²) in [4.78, 5) is 0. The van der Waals surface area contributed by atoms with Crippen molar-refractivity contribution in [2.45, 2.75) is 6.92 Å². The average Bonchev–Trinajstić information content (AvgIpc) is 2.64. The molecule has 1 heterocycles. The number of halogens is 1. The molecule has 0 aliphatic heterocycles. The highest BCUT2D eigenvalue weighted by atomic mass is 79.9. The number of nitrogens with two attached hydrogens (primary N) is 1. The summed E-state index contributed by atoms with van der Waals surface area (Å²) in [5.74, 6) is 0. The monoisotopic (exact) mass is 251 g/mol. The first-order valence-electron chi connectivity index (χ1n) is 4.24. The van der Waals surface area contributed by atoms with Gasteiger partial charge in [0.15, 0.2) is 0 Å². The Labute approximate surface area is 90.5 Å². The molecule has 2 rings (SSSR count). The molecule has 1 aromatic heterocycles. The van der Waals surface area contributed by atoms with Gasteiger partial charge in [-0.1, -0.05) is 15.9 Å². The smallest absolute Gasteiger partial charge is 0.0671 e. The van der Waals surface area contributed by atoms with Crippen molar-refractivity contribution >= 4 is 21.6 Å². The first-order chi connectivity index (χ1) is 6.68. The second-order valence-electron chi connectivity index (χ2n) is 3.16. The minimum Gasteiger partial charge on any atom is -0.398 e. The molecule has 0 spiro atoms. The van der Waals surface area contributed by atoms with Gasteiger partial charge in [0.25, 0.3) is 0 Å². The van der Waals surface area contributed by atoms with Crippen molar-refractivity contribution in [3.8, 4) is 11.3 Å². The Bertz CT molecular complexity index is 449. The zero-order valence-corrected chi connectivity index (χ0v) is 9.30. The van der Waals surface area contributed by atoms with Crippen molar-refractivity contribution in [2.75, 3.05) is 5.73 Å². The van der Waals surface area contributed by atoms with Crippen LogP contribution in [0.4, 0.5) is 5.69 Å². The van der Waals surface area contributed by atoms with Crippen LogP contribution in [0.15, 0.2) is 28.9 Å². The Morgan fingerprint density at radius 1 is 1.43 bits per heavy atom. The van der Waals surface area contributed by atoms with Crippen LogP contribution in [0.25, 0.3) is 11.3 Å². The zero-order chi connectivity index (χ0) is 10.1. The molecule has 0 amide bonds. The number of benzene rings is 1. The minimum absolute atomic E-state index is 0.759. The number of rotatable bonds is 1. The molecule has 3 nitrogen and oxygen atoms in total. The molecule has 0 aliphatic rings. The van der Waals surface area contributed by atoms with Gasteiger partial charge >= 0.3 is 0 Å². The third kappa shape index (κ3) is 1.53.